The number of nitrogens with two attached hydrogens (primary N) is 1. The van der Waals surface area contributed by atoms with Crippen LogP contribution >= 0.6 is 11.3 Å². The van der Waals surface area contributed by atoms with Crippen LogP contribution in [0.15, 0.2) is 11.4 Å². The topological polar surface area (TPSA) is 75.4 Å². The molecule has 1 saturated heterocycles. The van der Waals surface area contributed by atoms with E-state index in [0.29, 0.717) is 13.1 Å². The van der Waals surface area contributed by atoms with Crippen LogP contribution in [0.3, 0.4) is 0 Å². The van der Waals surface area contributed by atoms with Crippen LogP contribution < -0.4 is 11.1 Å². The average Bonchev–Trinajstić information content (AvgIpc) is 2.94. The van der Waals surface area contributed by atoms with E-state index >= 15 is 0 Å². The number of rotatable bonds is 2. The summed E-state index contributed by atoms with van der Waals surface area (Å²) in [6.45, 7) is 1.74. The van der Waals surface area contributed by atoms with Crippen LogP contribution in [-0.2, 0) is 16.0 Å². The summed E-state index contributed by atoms with van der Waals surface area (Å²) in [5.74, 6) is -0.452. The minimum absolute atomic E-state index is 0.0645. The molecule has 20 heavy (non-hydrogen) atoms. The van der Waals surface area contributed by atoms with E-state index in [1.807, 2.05) is 0 Å². The zero-order chi connectivity index (χ0) is 14.1. The van der Waals surface area contributed by atoms with Crippen molar-refractivity contribution in [2.75, 3.05) is 19.6 Å². The standard InChI is InChI=1S/C14H19N3O2S/c15-13(18)11-8-16-5-6-17(11)14(19)10-2-1-3-12-9(10)4-7-20-12/h4,7,10-11,16H,1-3,5-6,8H2,(H2,15,18). The highest BCUT2D eigenvalue weighted by atomic mass is 32.1. The number of hydrogen-bond donors (Lipinski definition) is 2. The molecule has 3 N–H and O–H groups in total. The monoisotopic (exact) mass is 293 g/mol. The fourth-order valence-corrected chi connectivity index (χ4v) is 4.15. The molecule has 2 heterocycles. The zero-order valence-corrected chi connectivity index (χ0v) is 12.1. The third kappa shape index (κ3) is 2.33. The summed E-state index contributed by atoms with van der Waals surface area (Å²) in [6, 6.07) is 1.55. The molecule has 3 rings (SSSR count). The van der Waals surface area contributed by atoms with Gasteiger partial charge in [0.25, 0.3) is 0 Å². The lowest BCUT2D eigenvalue weighted by atomic mass is 9.86. The maximum Gasteiger partial charge on any atom is 0.241 e. The van der Waals surface area contributed by atoms with Crippen molar-refractivity contribution in [1.29, 1.82) is 0 Å². The second-order valence-corrected chi connectivity index (χ2v) is 6.40. The maximum absolute atomic E-state index is 12.8. The van der Waals surface area contributed by atoms with Gasteiger partial charge in [-0.3, -0.25) is 9.59 Å². The fourth-order valence-electron chi connectivity index (χ4n) is 3.17. The Bertz CT molecular complexity index is 528. The van der Waals surface area contributed by atoms with Gasteiger partial charge < -0.3 is 16.0 Å². The Morgan fingerprint density at radius 1 is 1.45 bits per heavy atom. The van der Waals surface area contributed by atoms with Crippen LogP contribution in [0.2, 0.25) is 0 Å². The summed E-state index contributed by atoms with van der Waals surface area (Å²) in [5.41, 5.74) is 6.59. The first kappa shape index (κ1) is 13.6. The van der Waals surface area contributed by atoms with Crippen LogP contribution in [0.1, 0.15) is 29.2 Å². The number of piperazine rings is 1. The first-order chi connectivity index (χ1) is 9.68. The molecular formula is C14H19N3O2S. The number of carbonyl (C=O) groups is 2. The second-order valence-electron chi connectivity index (χ2n) is 5.40. The first-order valence-corrected chi connectivity index (χ1v) is 7.93. The van der Waals surface area contributed by atoms with Crippen molar-refractivity contribution in [3.8, 4) is 0 Å². The second kappa shape index (κ2) is 5.54. The van der Waals surface area contributed by atoms with Crippen molar-refractivity contribution in [1.82, 2.24) is 10.2 Å². The van der Waals surface area contributed by atoms with Gasteiger partial charge in [-0.1, -0.05) is 0 Å². The van der Waals surface area contributed by atoms with E-state index in [9.17, 15) is 9.59 Å². The van der Waals surface area contributed by atoms with Crippen LogP contribution in [-0.4, -0.2) is 42.4 Å². The van der Waals surface area contributed by atoms with Gasteiger partial charge >= 0.3 is 0 Å². The number of primary amides is 1. The van der Waals surface area contributed by atoms with E-state index in [1.54, 1.807) is 16.2 Å². The van der Waals surface area contributed by atoms with E-state index < -0.39 is 11.9 Å². The average molecular weight is 293 g/mol. The van der Waals surface area contributed by atoms with Gasteiger partial charge in [0.05, 0.1) is 5.92 Å². The number of hydrogen-bond acceptors (Lipinski definition) is 4. The number of aryl methyl sites for hydroxylation is 1. The molecule has 1 aromatic heterocycles. The summed E-state index contributed by atoms with van der Waals surface area (Å²) in [6.07, 6.45) is 2.98. The molecule has 0 saturated carbocycles. The molecule has 6 heteroatoms. The molecule has 2 amide bonds. The predicted molar refractivity (Wildman–Crippen MR) is 77.6 cm³/mol. The Hall–Kier alpha value is -1.40. The number of amides is 2. The number of nitrogens with one attached hydrogen (secondary N) is 1. The smallest absolute Gasteiger partial charge is 0.241 e. The predicted octanol–water partition coefficient (Wildman–Crippen LogP) is 0.454. The normalized spacial score (nSPS) is 26.1. The van der Waals surface area contributed by atoms with Gasteiger partial charge in [0.15, 0.2) is 0 Å². The highest BCUT2D eigenvalue weighted by Crippen LogP contribution is 2.36. The van der Waals surface area contributed by atoms with Gasteiger partial charge in [0.1, 0.15) is 6.04 Å². The molecule has 0 bridgehead atoms. The summed E-state index contributed by atoms with van der Waals surface area (Å²) < 4.78 is 0. The van der Waals surface area contributed by atoms with Crippen LogP contribution in [0, 0.1) is 0 Å². The molecule has 1 aliphatic carbocycles. The molecule has 0 aromatic carbocycles. The summed E-state index contributed by atoms with van der Waals surface area (Å²) >= 11 is 1.73. The quantitative estimate of drug-likeness (QED) is 0.831. The third-order valence-corrected chi connectivity index (χ3v) is 5.20. The third-order valence-electron chi connectivity index (χ3n) is 4.20. The van der Waals surface area contributed by atoms with E-state index in [0.717, 1.165) is 31.4 Å². The Morgan fingerprint density at radius 3 is 3.10 bits per heavy atom. The van der Waals surface area contributed by atoms with Crippen molar-refractivity contribution in [3.05, 3.63) is 21.9 Å². The van der Waals surface area contributed by atoms with Gasteiger partial charge in [-0.05, 0) is 36.3 Å². The molecular weight excluding hydrogens is 274 g/mol. The van der Waals surface area contributed by atoms with Crippen molar-refractivity contribution < 1.29 is 9.59 Å². The molecule has 108 valence electrons. The van der Waals surface area contributed by atoms with Gasteiger partial charge in [-0.15, -0.1) is 11.3 Å². The van der Waals surface area contributed by atoms with E-state index in [1.165, 1.54) is 4.88 Å². The SMILES string of the molecule is NC(=O)C1CNCCN1C(=O)C1CCCc2sccc21. The lowest BCUT2D eigenvalue weighted by Gasteiger charge is -2.37. The summed E-state index contributed by atoms with van der Waals surface area (Å²) in [5, 5.41) is 5.18. The van der Waals surface area contributed by atoms with Crippen molar-refractivity contribution >= 4 is 23.2 Å². The fraction of sp³-hybridized carbons (Fsp3) is 0.571. The molecule has 0 radical (unpaired) electrons. The van der Waals surface area contributed by atoms with Crippen molar-refractivity contribution in [2.45, 2.75) is 31.2 Å². The van der Waals surface area contributed by atoms with Gasteiger partial charge in [-0.25, -0.2) is 0 Å². The number of nitrogens with zero attached hydrogens (tertiary/aromatic N) is 1. The van der Waals surface area contributed by atoms with E-state index in [-0.39, 0.29) is 11.8 Å². The minimum Gasteiger partial charge on any atom is -0.368 e. The maximum atomic E-state index is 12.8. The molecule has 2 atom stereocenters. The van der Waals surface area contributed by atoms with E-state index in [2.05, 4.69) is 16.8 Å². The highest BCUT2D eigenvalue weighted by Gasteiger charge is 2.36. The Labute approximate surface area is 122 Å². The van der Waals surface area contributed by atoms with Gasteiger partial charge in [0, 0.05) is 24.5 Å². The lowest BCUT2D eigenvalue weighted by molar-refractivity contribution is -0.141. The molecule has 1 fully saturated rings. The van der Waals surface area contributed by atoms with Crippen molar-refractivity contribution in [2.24, 2.45) is 5.73 Å². The van der Waals surface area contributed by atoms with Gasteiger partial charge in [0.2, 0.25) is 11.8 Å². The minimum atomic E-state index is -0.514. The zero-order valence-electron chi connectivity index (χ0n) is 11.3. The van der Waals surface area contributed by atoms with Gasteiger partial charge in [-0.2, -0.15) is 0 Å². The number of fused-ring (bicyclic) bond motifs is 1. The Morgan fingerprint density at radius 2 is 2.30 bits per heavy atom. The molecule has 1 aromatic rings. The molecule has 0 spiro atoms. The van der Waals surface area contributed by atoms with E-state index in [4.69, 9.17) is 5.73 Å². The summed E-state index contributed by atoms with van der Waals surface area (Å²) in [4.78, 5) is 27.4. The molecule has 5 nitrogen and oxygen atoms in total. The number of carbonyl (C=O) groups excluding carboxylic acids is 2. The molecule has 1 aliphatic heterocycles. The van der Waals surface area contributed by atoms with Crippen LogP contribution in [0.5, 0.6) is 0 Å². The first-order valence-electron chi connectivity index (χ1n) is 7.05. The van der Waals surface area contributed by atoms with Crippen LogP contribution in [0.25, 0.3) is 0 Å². The van der Waals surface area contributed by atoms with Crippen molar-refractivity contribution in [3.63, 3.8) is 0 Å². The van der Waals surface area contributed by atoms with Crippen LogP contribution in [0.4, 0.5) is 0 Å². The highest BCUT2D eigenvalue weighted by molar-refractivity contribution is 7.10. The number of thiophene rings is 1. The molecule has 2 aliphatic rings. The lowest BCUT2D eigenvalue weighted by Crippen LogP contribution is -2.59. The Kier molecular flexibility index (Phi) is 3.76. The summed E-state index contributed by atoms with van der Waals surface area (Å²) in [7, 11) is 0. The Balaban J connectivity index is 1.84. The largest absolute Gasteiger partial charge is 0.368 e. The molecule has 2 unspecified atom stereocenters.